The smallest absolute Gasteiger partial charge is 0.223 e. The van der Waals surface area contributed by atoms with E-state index in [2.05, 4.69) is 10.2 Å². The van der Waals surface area contributed by atoms with Gasteiger partial charge in [0.15, 0.2) is 11.6 Å². The van der Waals surface area contributed by atoms with E-state index in [9.17, 15) is 13.6 Å². The summed E-state index contributed by atoms with van der Waals surface area (Å²) < 4.78 is 31.6. The van der Waals surface area contributed by atoms with E-state index in [4.69, 9.17) is 4.74 Å². The molecule has 0 spiro atoms. The van der Waals surface area contributed by atoms with Gasteiger partial charge in [-0.25, -0.2) is 8.78 Å². The molecule has 1 N–H and O–H groups in total. The fourth-order valence-electron chi connectivity index (χ4n) is 3.27. The molecule has 0 bridgehead atoms. The molecule has 5 nitrogen and oxygen atoms in total. The van der Waals surface area contributed by atoms with Crippen molar-refractivity contribution >= 4 is 11.6 Å². The lowest BCUT2D eigenvalue weighted by Crippen LogP contribution is -2.49. The van der Waals surface area contributed by atoms with Crippen molar-refractivity contribution in [3.05, 3.63) is 59.7 Å². The Morgan fingerprint density at radius 2 is 1.79 bits per heavy atom. The molecule has 3 rings (SSSR count). The van der Waals surface area contributed by atoms with Gasteiger partial charge < -0.3 is 19.9 Å². The Hall–Kier alpha value is -2.67. The molecule has 2 aromatic rings. The maximum Gasteiger partial charge on any atom is 0.223 e. The first kappa shape index (κ1) is 20.1. The highest BCUT2D eigenvalue weighted by atomic mass is 19.1. The van der Waals surface area contributed by atoms with Gasteiger partial charge >= 0.3 is 0 Å². The molecule has 7 heteroatoms. The Kier molecular flexibility index (Phi) is 6.81. The van der Waals surface area contributed by atoms with Crippen LogP contribution in [0.15, 0.2) is 42.5 Å². The molecule has 150 valence electrons. The van der Waals surface area contributed by atoms with Crippen molar-refractivity contribution in [1.29, 1.82) is 0 Å². The standard InChI is InChI=1S/C21H25F2N3O2/c1-28-20-7-2-16(14-19(20)23)15-24-9-8-21(27)26-12-10-25(11-13-26)18-5-3-17(22)4-6-18/h2-7,14,24H,8-13,15H2,1H3. The predicted octanol–water partition coefficient (Wildman–Crippen LogP) is 2.80. The average molecular weight is 389 g/mol. The minimum Gasteiger partial charge on any atom is -0.494 e. The molecule has 0 aromatic heterocycles. The summed E-state index contributed by atoms with van der Waals surface area (Å²) >= 11 is 0. The van der Waals surface area contributed by atoms with Crippen LogP contribution in [-0.4, -0.2) is 50.6 Å². The van der Waals surface area contributed by atoms with Crippen LogP contribution < -0.4 is 15.0 Å². The summed E-state index contributed by atoms with van der Waals surface area (Å²) in [5.41, 5.74) is 1.78. The Labute approximate surface area is 163 Å². The number of halogens is 2. The summed E-state index contributed by atoms with van der Waals surface area (Å²) in [5.74, 6) is -0.315. The van der Waals surface area contributed by atoms with Crippen LogP contribution in [0.25, 0.3) is 0 Å². The number of benzene rings is 2. The van der Waals surface area contributed by atoms with Gasteiger partial charge in [0.05, 0.1) is 7.11 Å². The number of nitrogens with zero attached hydrogens (tertiary/aromatic N) is 2. The van der Waals surface area contributed by atoms with E-state index in [-0.39, 0.29) is 17.5 Å². The highest BCUT2D eigenvalue weighted by molar-refractivity contribution is 5.76. The lowest BCUT2D eigenvalue weighted by Gasteiger charge is -2.36. The Morgan fingerprint density at radius 3 is 2.43 bits per heavy atom. The molecule has 0 unspecified atom stereocenters. The van der Waals surface area contributed by atoms with Gasteiger partial charge in [0.25, 0.3) is 0 Å². The summed E-state index contributed by atoms with van der Waals surface area (Å²) in [6, 6.07) is 11.3. The zero-order valence-corrected chi connectivity index (χ0v) is 16.0. The highest BCUT2D eigenvalue weighted by Gasteiger charge is 2.20. The van der Waals surface area contributed by atoms with E-state index in [0.717, 1.165) is 24.3 Å². The van der Waals surface area contributed by atoms with E-state index >= 15 is 0 Å². The zero-order chi connectivity index (χ0) is 19.9. The maximum atomic E-state index is 13.7. The second kappa shape index (κ2) is 9.50. The molecule has 0 atom stereocenters. The molecule has 0 radical (unpaired) electrons. The molecule has 0 aliphatic carbocycles. The van der Waals surface area contributed by atoms with Gasteiger partial charge in [0.2, 0.25) is 5.91 Å². The van der Waals surface area contributed by atoms with Gasteiger partial charge in [-0.3, -0.25) is 4.79 Å². The van der Waals surface area contributed by atoms with Crippen molar-refractivity contribution < 1.29 is 18.3 Å². The molecule has 1 saturated heterocycles. The second-order valence-corrected chi connectivity index (χ2v) is 6.74. The fourth-order valence-corrected chi connectivity index (χ4v) is 3.27. The quantitative estimate of drug-likeness (QED) is 0.740. The van der Waals surface area contributed by atoms with Crippen molar-refractivity contribution in [2.45, 2.75) is 13.0 Å². The van der Waals surface area contributed by atoms with Crippen LogP contribution in [0, 0.1) is 11.6 Å². The zero-order valence-electron chi connectivity index (χ0n) is 16.0. The van der Waals surface area contributed by atoms with E-state index in [0.29, 0.717) is 32.6 Å². The first-order valence-corrected chi connectivity index (χ1v) is 9.38. The van der Waals surface area contributed by atoms with Crippen molar-refractivity contribution in [3.63, 3.8) is 0 Å². The molecule has 1 aliphatic heterocycles. The summed E-state index contributed by atoms with van der Waals surface area (Å²) in [7, 11) is 1.43. The van der Waals surface area contributed by atoms with Gasteiger partial charge in [0, 0.05) is 51.4 Å². The molecule has 1 heterocycles. The first-order chi connectivity index (χ1) is 13.6. The number of hydrogen-bond acceptors (Lipinski definition) is 4. The fraction of sp³-hybridized carbons (Fsp3) is 0.381. The number of hydrogen-bond donors (Lipinski definition) is 1. The minimum absolute atomic E-state index is 0.104. The van der Waals surface area contributed by atoms with Crippen LogP contribution in [0.3, 0.4) is 0 Å². The monoisotopic (exact) mass is 389 g/mol. The number of amides is 1. The van der Waals surface area contributed by atoms with Crippen LogP contribution >= 0.6 is 0 Å². The SMILES string of the molecule is COc1ccc(CNCCC(=O)N2CCN(c3ccc(F)cc3)CC2)cc1F. The lowest BCUT2D eigenvalue weighted by atomic mass is 10.2. The number of carbonyl (C=O) groups is 1. The van der Waals surface area contributed by atoms with Gasteiger partial charge in [-0.05, 0) is 42.0 Å². The van der Waals surface area contributed by atoms with Gasteiger partial charge in [-0.2, -0.15) is 0 Å². The van der Waals surface area contributed by atoms with Crippen molar-refractivity contribution in [2.24, 2.45) is 0 Å². The third kappa shape index (κ3) is 5.19. The molecule has 0 saturated carbocycles. The van der Waals surface area contributed by atoms with E-state index in [1.807, 2.05) is 4.90 Å². The summed E-state index contributed by atoms with van der Waals surface area (Å²) in [6.07, 6.45) is 0.398. The number of nitrogens with one attached hydrogen (secondary N) is 1. The number of ether oxygens (including phenoxy) is 1. The van der Waals surface area contributed by atoms with Crippen LogP contribution in [0.5, 0.6) is 5.75 Å². The second-order valence-electron chi connectivity index (χ2n) is 6.74. The molecule has 1 fully saturated rings. The largest absolute Gasteiger partial charge is 0.494 e. The third-order valence-corrected chi connectivity index (χ3v) is 4.89. The van der Waals surface area contributed by atoms with E-state index < -0.39 is 5.82 Å². The van der Waals surface area contributed by atoms with E-state index in [1.54, 1.807) is 24.3 Å². The van der Waals surface area contributed by atoms with Gasteiger partial charge in [-0.15, -0.1) is 0 Å². The summed E-state index contributed by atoms with van der Waals surface area (Å²) in [6.45, 7) is 3.79. The Balaban J connectivity index is 1.37. The Bertz CT molecular complexity index is 791. The lowest BCUT2D eigenvalue weighted by molar-refractivity contribution is -0.131. The maximum absolute atomic E-state index is 13.7. The van der Waals surface area contributed by atoms with Gasteiger partial charge in [-0.1, -0.05) is 6.07 Å². The highest BCUT2D eigenvalue weighted by Crippen LogP contribution is 2.18. The van der Waals surface area contributed by atoms with Crippen LogP contribution in [0.1, 0.15) is 12.0 Å². The van der Waals surface area contributed by atoms with Crippen molar-refractivity contribution in [3.8, 4) is 5.75 Å². The molecular formula is C21H25F2N3O2. The summed E-state index contributed by atoms with van der Waals surface area (Å²) in [5, 5.41) is 3.18. The molecule has 1 amide bonds. The molecule has 1 aliphatic rings. The molecule has 28 heavy (non-hydrogen) atoms. The number of rotatable bonds is 7. The van der Waals surface area contributed by atoms with E-state index in [1.165, 1.54) is 25.3 Å². The van der Waals surface area contributed by atoms with Crippen LogP contribution in [0.4, 0.5) is 14.5 Å². The first-order valence-electron chi connectivity index (χ1n) is 9.38. The van der Waals surface area contributed by atoms with Crippen LogP contribution in [-0.2, 0) is 11.3 Å². The third-order valence-electron chi connectivity index (χ3n) is 4.89. The number of piperazine rings is 1. The average Bonchev–Trinajstić information content (AvgIpc) is 2.72. The van der Waals surface area contributed by atoms with Gasteiger partial charge in [0.1, 0.15) is 5.82 Å². The van der Waals surface area contributed by atoms with Crippen molar-refractivity contribution in [1.82, 2.24) is 10.2 Å². The normalized spacial score (nSPS) is 14.2. The van der Waals surface area contributed by atoms with Crippen molar-refractivity contribution in [2.75, 3.05) is 44.7 Å². The van der Waals surface area contributed by atoms with Crippen LogP contribution in [0.2, 0.25) is 0 Å². The summed E-state index contributed by atoms with van der Waals surface area (Å²) in [4.78, 5) is 16.4. The topological polar surface area (TPSA) is 44.8 Å². The number of anilines is 1. The Morgan fingerprint density at radius 1 is 1.07 bits per heavy atom. The number of methoxy groups -OCH3 is 1. The predicted molar refractivity (Wildman–Crippen MR) is 104 cm³/mol. The molecule has 2 aromatic carbocycles. The molecular weight excluding hydrogens is 364 g/mol. The minimum atomic E-state index is -0.392. The number of carbonyl (C=O) groups excluding carboxylic acids is 1.